The van der Waals surface area contributed by atoms with E-state index in [0.29, 0.717) is 0 Å². The predicted octanol–water partition coefficient (Wildman–Crippen LogP) is 7.07. The predicted molar refractivity (Wildman–Crippen MR) is 145 cm³/mol. The lowest BCUT2D eigenvalue weighted by Gasteiger charge is -2.48. The SMILES string of the molecule is C=C1CCCC[C@]1(CB1OC(C)(C)C(C)(C)O1)[C@H](O[Si](C)(C)c1ccccc1)c1ccccc1. The molecule has 1 heterocycles. The minimum Gasteiger partial charge on any atom is -0.405 e. The normalized spacial score (nSPS) is 25.4. The molecule has 0 N–H and O–H groups in total. The monoisotopic (exact) mass is 476 g/mol. The molecule has 34 heavy (non-hydrogen) atoms. The Kier molecular flexibility index (Phi) is 7.05. The average Bonchev–Trinajstić information content (AvgIpc) is 3.00. The van der Waals surface area contributed by atoms with Crippen molar-refractivity contribution in [1.29, 1.82) is 0 Å². The van der Waals surface area contributed by atoms with Crippen LogP contribution in [0.15, 0.2) is 72.8 Å². The van der Waals surface area contributed by atoms with Crippen molar-refractivity contribution in [3.8, 4) is 0 Å². The minimum absolute atomic E-state index is 0.0950. The molecule has 0 unspecified atom stereocenters. The molecule has 0 amide bonds. The Labute approximate surface area is 208 Å². The van der Waals surface area contributed by atoms with Crippen LogP contribution in [0.5, 0.6) is 0 Å². The van der Waals surface area contributed by atoms with Gasteiger partial charge in [-0.2, -0.15) is 0 Å². The number of benzene rings is 2. The van der Waals surface area contributed by atoms with Crippen molar-refractivity contribution >= 4 is 20.6 Å². The maximum atomic E-state index is 7.30. The summed E-state index contributed by atoms with van der Waals surface area (Å²) in [7, 11) is -2.50. The Balaban J connectivity index is 1.76. The summed E-state index contributed by atoms with van der Waals surface area (Å²) in [5, 5.41) is 1.31. The highest BCUT2D eigenvalue weighted by molar-refractivity contribution is 6.84. The smallest absolute Gasteiger partial charge is 0.405 e. The van der Waals surface area contributed by atoms with Crippen LogP contribution in [0.3, 0.4) is 0 Å². The molecule has 2 fully saturated rings. The Morgan fingerprint density at radius 3 is 2.03 bits per heavy atom. The van der Waals surface area contributed by atoms with Crippen LogP contribution in [0.25, 0.3) is 0 Å². The maximum absolute atomic E-state index is 7.30. The van der Waals surface area contributed by atoms with Gasteiger partial charge in [-0.05, 0) is 77.1 Å². The number of rotatable bonds is 7. The van der Waals surface area contributed by atoms with Crippen LogP contribution in [0.1, 0.15) is 65.0 Å². The van der Waals surface area contributed by atoms with Crippen LogP contribution < -0.4 is 5.19 Å². The standard InChI is InChI=1S/C29H41BO3Si/c1-23-16-14-15-21-29(23,22-30-32-27(2,3)28(4,5)33-30)26(24-17-10-8-11-18-24)31-34(6,7)25-19-12-9-13-20-25/h8-13,17-20,26H,1,14-16,21-22H2,2-7H3/t26-,29-/m1/s1. The van der Waals surface area contributed by atoms with Crippen molar-refractivity contribution in [2.75, 3.05) is 0 Å². The van der Waals surface area contributed by atoms with E-state index >= 15 is 0 Å². The van der Waals surface area contributed by atoms with Gasteiger partial charge < -0.3 is 13.7 Å². The molecular weight excluding hydrogens is 435 g/mol. The molecule has 2 aromatic rings. The molecule has 1 saturated carbocycles. The van der Waals surface area contributed by atoms with Gasteiger partial charge >= 0.3 is 7.12 Å². The highest BCUT2D eigenvalue weighted by Crippen LogP contribution is 2.56. The first-order valence-corrected chi connectivity index (χ1v) is 15.7. The van der Waals surface area contributed by atoms with E-state index in [2.05, 4.69) is 108 Å². The van der Waals surface area contributed by atoms with Crippen molar-refractivity contribution in [2.45, 2.75) is 90.1 Å². The fourth-order valence-corrected chi connectivity index (χ4v) is 7.63. The first kappa shape index (κ1) is 25.4. The van der Waals surface area contributed by atoms with Gasteiger partial charge in [0.15, 0.2) is 0 Å². The van der Waals surface area contributed by atoms with Crippen molar-refractivity contribution in [3.63, 3.8) is 0 Å². The van der Waals surface area contributed by atoms with Crippen LogP contribution in [0.2, 0.25) is 19.4 Å². The van der Waals surface area contributed by atoms with Gasteiger partial charge in [-0.15, -0.1) is 0 Å². The molecular formula is C29H41BO3Si. The van der Waals surface area contributed by atoms with Gasteiger partial charge in [-0.25, -0.2) is 0 Å². The van der Waals surface area contributed by atoms with Crippen molar-refractivity contribution in [2.24, 2.45) is 5.41 Å². The molecule has 5 heteroatoms. The zero-order valence-electron chi connectivity index (χ0n) is 21.9. The Morgan fingerprint density at radius 2 is 1.47 bits per heavy atom. The van der Waals surface area contributed by atoms with Crippen molar-refractivity contribution in [1.82, 2.24) is 0 Å². The van der Waals surface area contributed by atoms with Gasteiger partial charge in [0.25, 0.3) is 0 Å². The van der Waals surface area contributed by atoms with Gasteiger partial charge in [-0.3, -0.25) is 0 Å². The lowest BCUT2D eigenvalue weighted by atomic mass is 9.56. The first-order chi connectivity index (χ1) is 16.0. The van der Waals surface area contributed by atoms with Crippen molar-refractivity contribution < 1.29 is 13.7 Å². The van der Waals surface area contributed by atoms with E-state index in [-0.39, 0.29) is 29.8 Å². The maximum Gasteiger partial charge on any atom is 0.458 e. The van der Waals surface area contributed by atoms with Crippen LogP contribution in [-0.4, -0.2) is 26.6 Å². The third-order valence-corrected chi connectivity index (χ3v) is 10.9. The zero-order valence-corrected chi connectivity index (χ0v) is 22.9. The van der Waals surface area contributed by atoms with Gasteiger partial charge in [0.05, 0.1) is 17.3 Å². The third-order valence-electron chi connectivity index (χ3n) is 8.37. The number of hydrogen-bond donors (Lipinski definition) is 0. The lowest BCUT2D eigenvalue weighted by molar-refractivity contribution is 0.00578. The van der Waals surface area contributed by atoms with Crippen LogP contribution in [-0.2, 0) is 13.7 Å². The number of hydrogen-bond acceptors (Lipinski definition) is 3. The first-order valence-electron chi connectivity index (χ1n) is 12.8. The summed E-state index contributed by atoms with van der Waals surface area (Å²) in [6, 6.07) is 21.5. The summed E-state index contributed by atoms with van der Waals surface area (Å²) in [6.45, 7) is 17.8. The molecule has 1 aliphatic heterocycles. The Morgan fingerprint density at radius 1 is 0.912 bits per heavy atom. The molecule has 0 spiro atoms. The second-order valence-corrected chi connectivity index (χ2v) is 15.5. The molecule has 2 atom stereocenters. The van der Waals surface area contributed by atoms with E-state index < -0.39 is 8.32 Å². The van der Waals surface area contributed by atoms with E-state index in [4.69, 9.17) is 13.7 Å². The minimum atomic E-state index is -2.22. The van der Waals surface area contributed by atoms with Gasteiger partial charge in [-0.1, -0.05) is 79.2 Å². The van der Waals surface area contributed by atoms with Crippen LogP contribution in [0.4, 0.5) is 0 Å². The summed E-state index contributed by atoms with van der Waals surface area (Å²) in [5.74, 6) is 0. The van der Waals surface area contributed by atoms with E-state index in [1.54, 1.807) is 0 Å². The summed E-state index contributed by atoms with van der Waals surface area (Å²) >= 11 is 0. The van der Waals surface area contributed by atoms with E-state index in [0.717, 1.165) is 19.2 Å². The molecule has 2 aromatic carbocycles. The largest absolute Gasteiger partial charge is 0.458 e. The highest BCUT2D eigenvalue weighted by Gasteiger charge is 2.56. The van der Waals surface area contributed by atoms with Crippen LogP contribution in [0, 0.1) is 5.41 Å². The summed E-state index contributed by atoms with van der Waals surface area (Å²) in [5.41, 5.74) is 1.56. The topological polar surface area (TPSA) is 27.7 Å². The van der Waals surface area contributed by atoms with Gasteiger partial charge in [0.2, 0.25) is 8.32 Å². The third kappa shape index (κ3) is 4.86. The molecule has 0 bridgehead atoms. The van der Waals surface area contributed by atoms with E-state index in [1.165, 1.54) is 29.2 Å². The average molecular weight is 477 g/mol. The van der Waals surface area contributed by atoms with Crippen molar-refractivity contribution in [3.05, 3.63) is 78.4 Å². The summed E-state index contributed by atoms with van der Waals surface area (Å²) in [6.07, 6.45) is 5.08. The quantitative estimate of drug-likeness (QED) is 0.316. The van der Waals surface area contributed by atoms with E-state index in [1.807, 2.05) is 0 Å². The van der Waals surface area contributed by atoms with Gasteiger partial charge in [0.1, 0.15) is 0 Å². The summed E-state index contributed by atoms with van der Waals surface area (Å²) in [4.78, 5) is 0. The Bertz CT molecular complexity index is 973. The molecule has 182 valence electrons. The molecule has 2 aliphatic rings. The van der Waals surface area contributed by atoms with Gasteiger partial charge in [0, 0.05) is 5.41 Å². The lowest BCUT2D eigenvalue weighted by Crippen LogP contribution is -2.50. The highest BCUT2D eigenvalue weighted by atomic mass is 28.4. The molecule has 0 radical (unpaired) electrons. The summed E-state index contributed by atoms with van der Waals surface area (Å²) < 4.78 is 20.4. The second-order valence-electron chi connectivity index (χ2n) is 11.6. The fraction of sp³-hybridized carbons (Fsp3) is 0.517. The zero-order chi connectivity index (χ0) is 24.6. The fourth-order valence-electron chi connectivity index (χ4n) is 5.55. The molecule has 3 nitrogen and oxygen atoms in total. The molecule has 1 saturated heterocycles. The second kappa shape index (κ2) is 9.42. The van der Waals surface area contributed by atoms with E-state index in [9.17, 15) is 0 Å². The molecule has 1 aliphatic carbocycles. The molecule has 0 aromatic heterocycles. The Hall–Kier alpha value is -1.66. The molecule has 4 rings (SSSR count). The van der Waals surface area contributed by atoms with Crippen LogP contribution >= 0.6 is 0 Å².